The molecule has 7 nitrogen and oxygen atoms in total. The van der Waals surface area contributed by atoms with Crippen LogP contribution in [0.15, 0.2) is 16.7 Å². The van der Waals surface area contributed by atoms with Gasteiger partial charge in [-0.3, -0.25) is 14.9 Å². The Labute approximate surface area is 110 Å². The van der Waals surface area contributed by atoms with E-state index in [1.54, 1.807) is 10.7 Å². The molecule has 0 unspecified atom stereocenters. The minimum Gasteiger partial charge on any atom is -0.482 e. The van der Waals surface area contributed by atoms with E-state index in [1.165, 1.54) is 6.26 Å². The summed E-state index contributed by atoms with van der Waals surface area (Å²) in [5, 5.41) is 4.25. The number of nitrogen functional groups attached to an aromatic ring is 1. The van der Waals surface area contributed by atoms with Gasteiger partial charge in [0.1, 0.15) is 24.3 Å². The van der Waals surface area contributed by atoms with Gasteiger partial charge in [-0.15, -0.1) is 0 Å². The number of aryl methyl sites for hydroxylation is 2. The van der Waals surface area contributed by atoms with Crippen LogP contribution in [0, 0.1) is 13.8 Å². The lowest BCUT2D eigenvalue weighted by Crippen LogP contribution is -2.29. The van der Waals surface area contributed by atoms with Crippen molar-refractivity contribution >= 4 is 5.91 Å². The van der Waals surface area contributed by atoms with Crippen molar-refractivity contribution in [3.8, 4) is 5.75 Å². The predicted octanol–water partition coefficient (Wildman–Crippen LogP) is 0.812. The quantitative estimate of drug-likeness (QED) is 0.484. The molecule has 3 N–H and O–H groups in total. The fourth-order valence-electron chi connectivity index (χ4n) is 1.77. The van der Waals surface area contributed by atoms with Gasteiger partial charge >= 0.3 is 0 Å². The van der Waals surface area contributed by atoms with Crippen LogP contribution in [0.4, 0.5) is 0 Å². The van der Waals surface area contributed by atoms with E-state index in [2.05, 4.69) is 5.10 Å². The number of carbonyl (C=O) groups is 1. The monoisotopic (exact) mass is 264 g/mol. The number of hydrogen-bond acceptors (Lipinski definition) is 5. The Kier molecular flexibility index (Phi) is 3.57. The van der Waals surface area contributed by atoms with Crippen molar-refractivity contribution in [2.45, 2.75) is 20.5 Å². The molecule has 2 heterocycles. The van der Waals surface area contributed by atoms with Crippen LogP contribution >= 0.6 is 0 Å². The number of nitrogens with zero attached hydrogens (tertiary/aromatic N) is 2. The van der Waals surface area contributed by atoms with Crippen molar-refractivity contribution in [3.05, 3.63) is 35.0 Å². The van der Waals surface area contributed by atoms with Crippen molar-refractivity contribution in [1.82, 2.24) is 15.2 Å². The van der Waals surface area contributed by atoms with Crippen molar-refractivity contribution < 1.29 is 13.9 Å². The van der Waals surface area contributed by atoms with Gasteiger partial charge in [0.05, 0.1) is 11.3 Å². The summed E-state index contributed by atoms with van der Waals surface area (Å²) in [4.78, 5) is 11.3. The summed E-state index contributed by atoms with van der Waals surface area (Å²) in [7, 11) is 1.85. The summed E-state index contributed by atoms with van der Waals surface area (Å²) in [5.41, 5.74) is 4.14. The lowest BCUT2D eigenvalue weighted by atomic mass is 10.3. The molecule has 0 radical (unpaired) electrons. The average Bonchev–Trinajstić information content (AvgIpc) is 2.94. The summed E-state index contributed by atoms with van der Waals surface area (Å²) >= 11 is 0. The highest BCUT2D eigenvalue weighted by atomic mass is 16.5. The van der Waals surface area contributed by atoms with Crippen LogP contribution < -0.4 is 16.0 Å². The maximum Gasteiger partial charge on any atom is 0.268 e. The molecule has 7 heteroatoms. The van der Waals surface area contributed by atoms with Crippen LogP contribution in [0.2, 0.25) is 0 Å². The second-order valence-corrected chi connectivity index (χ2v) is 4.19. The molecule has 2 rings (SSSR count). The molecule has 0 aliphatic carbocycles. The molecule has 0 saturated carbocycles. The minimum absolute atomic E-state index is 0.227. The molecule has 1 amide bonds. The molecular formula is C12H16N4O3. The molecule has 102 valence electrons. The molecule has 2 aromatic rings. The van der Waals surface area contributed by atoms with Crippen molar-refractivity contribution in [1.29, 1.82) is 0 Å². The normalized spacial score (nSPS) is 10.5. The Bertz CT molecular complexity index is 600. The largest absolute Gasteiger partial charge is 0.482 e. The highest BCUT2D eigenvalue weighted by Gasteiger charge is 2.13. The molecule has 0 fully saturated rings. The molecule has 0 atom stereocenters. The van der Waals surface area contributed by atoms with Crippen LogP contribution in [-0.2, 0) is 13.7 Å². The molecule has 0 spiro atoms. The smallest absolute Gasteiger partial charge is 0.268 e. The standard InChI is InChI=1S/C12H16N4O3/c1-7-11(8(2)16(3)15-7)19-6-10-4-9(5-18-10)12(17)14-13/h4-5H,6,13H2,1-3H3,(H,14,17). The van der Waals surface area contributed by atoms with Crippen molar-refractivity contribution in [2.24, 2.45) is 12.9 Å². The Morgan fingerprint density at radius 2 is 2.32 bits per heavy atom. The number of nitrogens with one attached hydrogen (secondary N) is 1. The van der Waals surface area contributed by atoms with Gasteiger partial charge in [0.25, 0.3) is 5.91 Å². The van der Waals surface area contributed by atoms with Crippen LogP contribution in [0.1, 0.15) is 27.5 Å². The van der Waals surface area contributed by atoms with Crippen LogP contribution in [-0.4, -0.2) is 15.7 Å². The van der Waals surface area contributed by atoms with E-state index in [0.717, 1.165) is 17.1 Å². The predicted molar refractivity (Wildman–Crippen MR) is 67.4 cm³/mol. The summed E-state index contributed by atoms with van der Waals surface area (Å²) in [6.45, 7) is 4.02. The summed E-state index contributed by atoms with van der Waals surface area (Å²) in [6.07, 6.45) is 1.34. The molecule has 2 aromatic heterocycles. The zero-order valence-electron chi connectivity index (χ0n) is 11.1. The van der Waals surface area contributed by atoms with Gasteiger partial charge in [-0.2, -0.15) is 5.10 Å². The highest BCUT2D eigenvalue weighted by Crippen LogP contribution is 2.22. The number of rotatable bonds is 4. The first kappa shape index (κ1) is 13.2. The lowest BCUT2D eigenvalue weighted by Gasteiger charge is -2.03. The first-order valence-electron chi connectivity index (χ1n) is 5.74. The van der Waals surface area contributed by atoms with E-state index in [9.17, 15) is 4.79 Å². The van der Waals surface area contributed by atoms with Gasteiger partial charge in [-0.25, -0.2) is 5.84 Å². The van der Waals surface area contributed by atoms with E-state index in [4.69, 9.17) is 15.0 Å². The summed E-state index contributed by atoms with van der Waals surface area (Å²) in [6, 6.07) is 1.59. The second kappa shape index (κ2) is 5.15. The van der Waals surface area contributed by atoms with E-state index in [-0.39, 0.29) is 6.61 Å². The minimum atomic E-state index is -0.399. The van der Waals surface area contributed by atoms with Gasteiger partial charge in [-0.1, -0.05) is 0 Å². The molecule has 19 heavy (non-hydrogen) atoms. The topological polar surface area (TPSA) is 95.3 Å². The van der Waals surface area contributed by atoms with E-state index in [1.807, 2.05) is 26.3 Å². The molecule has 0 bridgehead atoms. The van der Waals surface area contributed by atoms with Crippen LogP contribution in [0.25, 0.3) is 0 Å². The number of ether oxygens (including phenoxy) is 1. The molecule has 0 aliphatic rings. The number of nitrogens with two attached hydrogens (primary N) is 1. The lowest BCUT2D eigenvalue weighted by molar-refractivity contribution is 0.0953. The average molecular weight is 264 g/mol. The van der Waals surface area contributed by atoms with Gasteiger partial charge in [-0.05, 0) is 19.9 Å². The first-order valence-corrected chi connectivity index (χ1v) is 5.74. The van der Waals surface area contributed by atoms with E-state index >= 15 is 0 Å². The zero-order chi connectivity index (χ0) is 14.0. The molecular weight excluding hydrogens is 248 g/mol. The van der Waals surface area contributed by atoms with Gasteiger partial charge < -0.3 is 9.15 Å². The molecule has 0 saturated heterocycles. The third-order valence-electron chi connectivity index (χ3n) is 2.85. The molecule has 0 aliphatic heterocycles. The maximum absolute atomic E-state index is 11.3. The fraction of sp³-hybridized carbons (Fsp3) is 0.333. The Balaban J connectivity index is 2.06. The number of hydrogen-bond donors (Lipinski definition) is 2. The highest BCUT2D eigenvalue weighted by molar-refractivity contribution is 5.93. The van der Waals surface area contributed by atoms with Crippen molar-refractivity contribution in [3.63, 3.8) is 0 Å². The number of carbonyl (C=O) groups excluding carboxylic acids is 1. The number of furan rings is 1. The fourth-order valence-corrected chi connectivity index (χ4v) is 1.77. The second-order valence-electron chi connectivity index (χ2n) is 4.19. The van der Waals surface area contributed by atoms with Crippen LogP contribution in [0.3, 0.4) is 0 Å². The zero-order valence-corrected chi connectivity index (χ0v) is 11.1. The Hall–Kier alpha value is -2.28. The maximum atomic E-state index is 11.3. The van der Waals surface area contributed by atoms with Crippen molar-refractivity contribution in [2.75, 3.05) is 0 Å². The SMILES string of the molecule is Cc1nn(C)c(C)c1OCc1cc(C(=O)NN)co1. The third kappa shape index (κ3) is 2.60. The summed E-state index contributed by atoms with van der Waals surface area (Å²) < 4.78 is 12.6. The van der Waals surface area contributed by atoms with E-state index in [0.29, 0.717) is 11.3 Å². The van der Waals surface area contributed by atoms with Gasteiger partial charge in [0, 0.05) is 7.05 Å². The molecule has 0 aromatic carbocycles. The number of aromatic nitrogens is 2. The Morgan fingerprint density at radius 3 is 2.89 bits per heavy atom. The Morgan fingerprint density at radius 1 is 1.58 bits per heavy atom. The third-order valence-corrected chi connectivity index (χ3v) is 2.85. The summed E-state index contributed by atoms with van der Waals surface area (Å²) in [5.74, 6) is 5.91. The van der Waals surface area contributed by atoms with Crippen LogP contribution in [0.5, 0.6) is 5.75 Å². The number of hydrazine groups is 1. The first-order chi connectivity index (χ1) is 9.02. The number of amides is 1. The van der Waals surface area contributed by atoms with Gasteiger partial charge in [0.2, 0.25) is 0 Å². The van der Waals surface area contributed by atoms with E-state index < -0.39 is 5.91 Å². The van der Waals surface area contributed by atoms with Gasteiger partial charge in [0.15, 0.2) is 5.75 Å².